The first-order valence-corrected chi connectivity index (χ1v) is 8.73. The molecule has 6 heteroatoms. The molecule has 1 aliphatic carbocycles. The number of hydrogen-bond acceptors (Lipinski definition) is 3. The Morgan fingerprint density at radius 3 is 2.76 bits per heavy atom. The zero-order valence-corrected chi connectivity index (χ0v) is 12.9. The Hall–Kier alpha value is -1.40. The van der Waals surface area contributed by atoms with Gasteiger partial charge in [-0.05, 0) is 62.3 Å². The van der Waals surface area contributed by atoms with Crippen LogP contribution in [0.2, 0.25) is 0 Å². The molecule has 0 bridgehead atoms. The largest absolute Gasteiger partial charge is 0.481 e. The number of rotatable bonds is 7. The van der Waals surface area contributed by atoms with Gasteiger partial charge < -0.3 is 5.11 Å². The average molecular weight is 311 g/mol. The van der Waals surface area contributed by atoms with Gasteiger partial charge in [-0.2, -0.15) is 0 Å². The highest BCUT2D eigenvalue weighted by Crippen LogP contribution is 2.24. The number of nitrogens with one attached hydrogen (secondary N) is 1. The normalized spacial score (nSPS) is 15.7. The third kappa shape index (κ3) is 4.28. The van der Waals surface area contributed by atoms with Crippen LogP contribution in [0.4, 0.5) is 0 Å². The predicted octanol–water partition coefficient (Wildman–Crippen LogP) is 2.10. The summed E-state index contributed by atoms with van der Waals surface area (Å²) in [5.74, 6) is -0.858. The molecule has 1 aromatic rings. The molecular formula is C15H21NO4S. The van der Waals surface area contributed by atoms with Gasteiger partial charge in [-0.1, -0.05) is 6.07 Å². The fourth-order valence-corrected chi connectivity index (χ4v) is 3.99. The molecule has 0 aromatic heterocycles. The molecule has 116 valence electrons. The van der Waals surface area contributed by atoms with Gasteiger partial charge in [0.1, 0.15) is 0 Å². The van der Waals surface area contributed by atoms with Gasteiger partial charge in [0.05, 0.1) is 4.90 Å². The van der Waals surface area contributed by atoms with Crippen molar-refractivity contribution in [3.05, 3.63) is 29.3 Å². The van der Waals surface area contributed by atoms with Crippen LogP contribution in [0.5, 0.6) is 0 Å². The molecule has 1 aliphatic rings. The van der Waals surface area contributed by atoms with Crippen molar-refractivity contribution in [2.75, 3.05) is 0 Å². The number of sulfonamides is 1. The van der Waals surface area contributed by atoms with Crippen LogP contribution in [0.1, 0.15) is 43.7 Å². The third-order valence-corrected chi connectivity index (χ3v) is 5.35. The van der Waals surface area contributed by atoms with E-state index in [-0.39, 0.29) is 12.5 Å². The van der Waals surface area contributed by atoms with Crippen molar-refractivity contribution in [3.63, 3.8) is 0 Å². The summed E-state index contributed by atoms with van der Waals surface area (Å²) in [6, 6.07) is 5.03. The summed E-state index contributed by atoms with van der Waals surface area (Å²) < 4.78 is 27.2. The smallest absolute Gasteiger partial charge is 0.303 e. The van der Waals surface area contributed by atoms with E-state index in [9.17, 15) is 13.2 Å². The second-order valence-electron chi connectivity index (χ2n) is 5.59. The number of benzene rings is 1. The third-order valence-electron chi connectivity index (χ3n) is 3.76. The molecule has 2 N–H and O–H groups in total. The molecule has 0 fully saturated rings. The molecule has 0 saturated carbocycles. The van der Waals surface area contributed by atoms with Crippen molar-refractivity contribution in [3.8, 4) is 0 Å². The molecule has 0 saturated heterocycles. The summed E-state index contributed by atoms with van der Waals surface area (Å²) in [6.07, 6.45) is 4.07. The first-order valence-electron chi connectivity index (χ1n) is 7.24. The van der Waals surface area contributed by atoms with E-state index in [1.54, 1.807) is 19.1 Å². The lowest BCUT2D eigenvalue weighted by molar-refractivity contribution is -0.137. The molecule has 21 heavy (non-hydrogen) atoms. The summed E-state index contributed by atoms with van der Waals surface area (Å²) >= 11 is 0. The lowest BCUT2D eigenvalue weighted by Crippen LogP contribution is -2.32. The van der Waals surface area contributed by atoms with Crippen LogP contribution in [0.25, 0.3) is 0 Å². The molecule has 0 heterocycles. The summed E-state index contributed by atoms with van der Waals surface area (Å²) in [5, 5.41) is 8.59. The van der Waals surface area contributed by atoms with Crippen LogP contribution in [0.15, 0.2) is 23.1 Å². The van der Waals surface area contributed by atoms with E-state index in [4.69, 9.17) is 5.11 Å². The van der Waals surface area contributed by atoms with Crippen LogP contribution in [-0.4, -0.2) is 25.5 Å². The standard InChI is InChI=1S/C15H21NO4S/c1-11(4-2-7-15(17)18)16-21(19,20)14-9-8-12-5-3-6-13(12)10-14/h8-11,16H,2-7H2,1H3,(H,17,18). The van der Waals surface area contributed by atoms with E-state index >= 15 is 0 Å². The van der Waals surface area contributed by atoms with Gasteiger partial charge in [0.2, 0.25) is 10.0 Å². The number of hydrogen-bond donors (Lipinski definition) is 2. The molecule has 1 atom stereocenters. The Balaban J connectivity index is 1.99. The quantitative estimate of drug-likeness (QED) is 0.807. The lowest BCUT2D eigenvalue weighted by atomic mass is 10.1. The Kier molecular flexibility index (Phi) is 5.00. The van der Waals surface area contributed by atoms with Gasteiger partial charge in [0.25, 0.3) is 0 Å². The molecule has 0 amide bonds. The first kappa shape index (κ1) is 16.0. The van der Waals surface area contributed by atoms with Gasteiger partial charge in [-0.3, -0.25) is 4.79 Å². The van der Waals surface area contributed by atoms with Crippen molar-refractivity contribution in [1.82, 2.24) is 4.72 Å². The molecular weight excluding hydrogens is 290 g/mol. The zero-order chi connectivity index (χ0) is 15.5. The SMILES string of the molecule is CC(CCCC(=O)O)NS(=O)(=O)c1ccc2c(c1)CCC2. The Morgan fingerprint density at radius 1 is 1.33 bits per heavy atom. The van der Waals surface area contributed by atoms with Crippen LogP contribution in [0.3, 0.4) is 0 Å². The molecule has 1 aromatic carbocycles. The highest BCUT2D eigenvalue weighted by molar-refractivity contribution is 7.89. The second-order valence-corrected chi connectivity index (χ2v) is 7.31. The fraction of sp³-hybridized carbons (Fsp3) is 0.533. The minimum Gasteiger partial charge on any atom is -0.481 e. The van der Waals surface area contributed by atoms with Crippen LogP contribution in [-0.2, 0) is 27.7 Å². The van der Waals surface area contributed by atoms with Crippen molar-refractivity contribution in [2.24, 2.45) is 0 Å². The number of carboxylic acids is 1. The lowest BCUT2D eigenvalue weighted by Gasteiger charge is -2.14. The Labute approximate surface area is 125 Å². The van der Waals surface area contributed by atoms with E-state index in [1.807, 2.05) is 6.07 Å². The molecule has 2 rings (SSSR count). The van der Waals surface area contributed by atoms with Gasteiger partial charge in [-0.25, -0.2) is 13.1 Å². The van der Waals surface area contributed by atoms with E-state index < -0.39 is 16.0 Å². The highest BCUT2D eigenvalue weighted by Gasteiger charge is 2.20. The second kappa shape index (κ2) is 6.58. The van der Waals surface area contributed by atoms with E-state index in [0.29, 0.717) is 17.7 Å². The minimum absolute atomic E-state index is 0.0604. The molecule has 0 radical (unpaired) electrons. The maximum Gasteiger partial charge on any atom is 0.303 e. The summed E-state index contributed by atoms with van der Waals surface area (Å²) in [5.41, 5.74) is 2.36. The molecule has 5 nitrogen and oxygen atoms in total. The summed E-state index contributed by atoms with van der Waals surface area (Å²) in [4.78, 5) is 10.8. The maximum absolute atomic E-state index is 12.3. The Bertz CT molecular complexity index is 625. The van der Waals surface area contributed by atoms with E-state index in [0.717, 1.165) is 24.8 Å². The number of carbonyl (C=O) groups is 1. The van der Waals surface area contributed by atoms with Gasteiger partial charge >= 0.3 is 5.97 Å². The van der Waals surface area contributed by atoms with Crippen molar-refractivity contribution in [1.29, 1.82) is 0 Å². The molecule has 0 aliphatic heterocycles. The number of aryl methyl sites for hydroxylation is 2. The summed E-state index contributed by atoms with van der Waals surface area (Å²) in [6.45, 7) is 1.76. The maximum atomic E-state index is 12.3. The van der Waals surface area contributed by atoms with Crippen LogP contribution >= 0.6 is 0 Å². The van der Waals surface area contributed by atoms with Crippen molar-refractivity contribution < 1.29 is 18.3 Å². The monoisotopic (exact) mass is 311 g/mol. The Morgan fingerprint density at radius 2 is 2.05 bits per heavy atom. The van der Waals surface area contributed by atoms with Gasteiger partial charge in [-0.15, -0.1) is 0 Å². The average Bonchev–Trinajstić information content (AvgIpc) is 2.84. The number of fused-ring (bicyclic) bond motifs is 1. The summed E-state index contributed by atoms with van der Waals surface area (Å²) in [7, 11) is -3.53. The molecule has 1 unspecified atom stereocenters. The number of carboxylic acid groups (broad SMARTS) is 1. The topological polar surface area (TPSA) is 83.5 Å². The van der Waals surface area contributed by atoms with Gasteiger partial charge in [0.15, 0.2) is 0 Å². The number of aliphatic carboxylic acids is 1. The van der Waals surface area contributed by atoms with Crippen LogP contribution in [0, 0.1) is 0 Å². The van der Waals surface area contributed by atoms with Gasteiger partial charge in [0, 0.05) is 12.5 Å². The van der Waals surface area contributed by atoms with E-state index in [1.165, 1.54) is 5.56 Å². The van der Waals surface area contributed by atoms with Crippen molar-refractivity contribution in [2.45, 2.75) is 56.4 Å². The predicted molar refractivity (Wildman–Crippen MR) is 79.7 cm³/mol. The van der Waals surface area contributed by atoms with E-state index in [2.05, 4.69) is 4.72 Å². The highest BCUT2D eigenvalue weighted by atomic mass is 32.2. The minimum atomic E-state index is -3.53. The first-order chi connectivity index (χ1) is 9.88. The fourth-order valence-electron chi connectivity index (χ4n) is 2.67. The van der Waals surface area contributed by atoms with Crippen LogP contribution < -0.4 is 4.72 Å². The zero-order valence-electron chi connectivity index (χ0n) is 12.1. The molecule has 0 spiro atoms. The van der Waals surface area contributed by atoms with Crippen molar-refractivity contribution >= 4 is 16.0 Å².